The molecule has 0 aliphatic carbocycles. The molecule has 2 heterocycles. The van der Waals surface area contributed by atoms with Crippen LogP contribution in [0.3, 0.4) is 0 Å². The molecule has 0 fully saturated rings. The number of anilines is 1. The lowest BCUT2D eigenvalue weighted by molar-refractivity contribution is -0.138. The second-order valence-electron chi connectivity index (χ2n) is 4.88. The molecule has 1 aliphatic heterocycles. The predicted molar refractivity (Wildman–Crippen MR) is 73.8 cm³/mol. The van der Waals surface area contributed by atoms with Crippen molar-refractivity contribution in [2.75, 3.05) is 4.90 Å². The standard InChI is InChI=1S/C15H13FN2O3/c16-10-3-4-12-13(8-10)18(14(19)5-6-15(20)21)9-11-2-1-7-17(11)12/h1-4,7-8H,5-6,9H2,(H,20,21). The van der Waals surface area contributed by atoms with Crippen LogP contribution in [-0.2, 0) is 16.1 Å². The number of benzene rings is 1. The van der Waals surface area contributed by atoms with Crippen LogP contribution < -0.4 is 4.90 Å². The summed E-state index contributed by atoms with van der Waals surface area (Å²) in [5.74, 6) is -1.78. The SMILES string of the molecule is O=C(O)CCC(=O)N1Cc2cccn2-c2ccc(F)cc21. The van der Waals surface area contributed by atoms with E-state index in [9.17, 15) is 14.0 Å². The fourth-order valence-corrected chi connectivity index (χ4v) is 2.52. The number of hydrogen-bond donors (Lipinski definition) is 1. The molecule has 6 heteroatoms. The molecule has 5 nitrogen and oxygen atoms in total. The van der Waals surface area contributed by atoms with Crippen molar-refractivity contribution in [2.45, 2.75) is 19.4 Å². The summed E-state index contributed by atoms with van der Waals surface area (Å²) in [6.45, 7) is 0.307. The largest absolute Gasteiger partial charge is 0.481 e. The highest BCUT2D eigenvalue weighted by molar-refractivity contribution is 5.97. The number of carboxylic acids is 1. The molecule has 1 N–H and O–H groups in total. The monoisotopic (exact) mass is 288 g/mol. The summed E-state index contributed by atoms with van der Waals surface area (Å²) in [7, 11) is 0. The van der Waals surface area contributed by atoms with E-state index < -0.39 is 11.8 Å². The number of aliphatic carboxylic acids is 1. The third-order valence-electron chi connectivity index (χ3n) is 3.49. The van der Waals surface area contributed by atoms with Crippen LogP contribution in [-0.4, -0.2) is 21.6 Å². The Bertz CT molecular complexity index is 723. The molecular formula is C15H13FN2O3. The Morgan fingerprint density at radius 1 is 1.19 bits per heavy atom. The van der Waals surface area contributed by atoms with Crippen molar-refractivity contribution in [3.8, 4) is 5.69 Å². The Morgan fingerprint density at radius 2 is 2.00 bits per heavy atom. The van der Waals surface area contributed by atoms with Gasteiger partial charge in [0.1, 0.15) is 5.82 Å². The van der Waals surface area contributed by atoms with Gasteiger partial charge >= 0.3 is 5.97 Å². The highest BCUT2D eigenvalue weighted by Gasteiger charge is 2.26. The summed E-state index contributed by atoms with van der Waals surface area (Å²) in [5.41, 5.74) is 2.08. The van der Waals surface area contributed by atoms with E-state index in [0.717, 1.165) is 5.69 Å². The lowest BCUT2D eigenvalue weighted by Crippen LogP contribution is -2.35. The zero-order chi connectivity index (χ0) is 15.0. The summed E-state index contributed by atoms with van der Waals surface area (Å²) in [5, 5.41) is 8.69. The van der Waals surface area contributed by atoms with E-state index >= 15 is 0 Å². The zero-order valence-corrected chi connectivity index (χ0v) is 11.1. The van der Waals surface area contributed by atoms with Gasteiger partial charge in [-0.1, -0.05) is 0 Å². The van der Waals surface area contributed by atoms with Crippen LogP contribution in [0.1, 0.15) is 18.5 Å². The number of carboxylic acid groups (broad SMARTS) is 1. The minimum atomic E-state index is -1.02. The number of amides is 1. The van der Waals surface area contributed by atoms with Crippen molar-refractivity contribution >= 4 is 17.6 Å². The van der Waals surface area contributed by atoms with Crippen molar-refractivity contribution in [3.05, 3.63) is 48.0 Å². The lowest BCUT2D eigenvalue weighted by atomic mass is 10.1. The van der Waals surface area contributed by atoms with E-state index in [0.29, 0.717) is 17.9 Å². The van der Waals surface area contributed by atoms with Crippen molar-refractivity contribution in [2.24, 2.45) is 0 Å². The molecule has 0 radical (unpaired) electrons. The van der Waals surface area contributed by atoms with Gasteiger partial charge in [0.15, 0.2) is 0 Å². The molecule has 0 saturated carbocycles. The predicted octanol–water partition coefficient (Wildman–Crippen LogP) is 2.33. The van der Waals surface area contributed by atoms with Crippen LogP contribution in [0, 0.1) is 5.82 Å². The minimum Gasteiger partial charge on any atom is -0.481 e. The number of carbonyl (C=O) groups excluding carboxylic acids is 1. The number of aromatic nitrogens is 1. The van der Waals surface area contributed by atoms with E-state index in [1.807, 2.05) is 22.9 Å². The molecular weight excluding hydrogens is 275 g/mol. The third kappa shape index (κ3) is 2.40. The Kier molecular flexibility index (Phi) is 3.21. The number of carbonyl (C=O) groups is 2. The molecule has 2 aromatic rings. The van der Waals surface area contributed by atoms with Crippen molar-refractivity contribution in [1.82, 2.24) is 4.57 Å². The zero-order valence-electron chi connectivity index (χ0n) is 11.1. The quantitative estimate of drug-likeness (QED) is 0.942. The molecule has 3 rings (SSSR count). The molecule has 1 aliphatic rings. The lowest BCUT2D eigenvalue weighted by Gasteiger charge is -2.31. The van der Waals surface area contributed by atoms with Crippen LogP contribution in [0.25, 0.3) is 5.69 Å². The van der Waals surface area contributed by atoms with E-state index in [4.69, 9.17) is 5.11 Å². The Morgan fingerprint density at radius 3 is 2.76 bits per heavy atom. The first-order chi connectivity index (χ1) is 10.1. The Hall–Kier alpha value is -2.63. The molecule has 0 unspecified atom stereocenters. The highest BCUT2D eigenvalue weighted by atomic mass is 19.1. The second kappa shape index (κ2) is 5.05. The first kappa shape index (κ1) is 13.4. The summed E-state index contributed by atoms with van der Waals surface area (Å²) in [6, 6.07) is 7.99. The second-order valence-corrected chi connectivity index (χ2v) is 4.88. The average molecular weight is 288 g/mol. The van der Waals surface area contributed by atoms with Gasteiger partial charge in [-0.3, -0.25) is 9.59 Å². The maximum absolute atomic E-state index is 13.5. The number of fused-ring (bicyclic) bond motifs is 3. The Balaban J connectivity index is 1.99. The molecule has 21 heavy (non-hydrogen) atoms. The summed E-state index contributed by atoms with van der Waals surface area (Å²) in [4.78, 5) is 24.3. The van der Waals surface area contributed by atoms with Crippen LogP contribution in [0.15, 0.2) is 36.5 Å². The Labute approximate surface area is 120 Å². The molecule has 108 valence electrons. The van der Waals surface area contributed by atoms with E-state index in [1.54, 1.807) is 6.07 Å². The fourth-order valence-electron chi connectivity index (χ4n) is 2.52. The molecule has 1 amide bonds. The van der Waals surface area contributed by atoms with Gasteiger partial charge in [0.2, 0.25) is 5.91 Å². The normalized spacial score (nSPS) is 12.7. The van der Waals surface area contributed by atoms with Crippen molar-refractivity contribution < 1.29 is 19.1 Å². The fraction of sp³-hybridized carbons (Fsp3) is 0.200. The van der Waals surface area contributed by atoms with E-state index in [-0.39, 0.29) is 18.7 Å². The van der Waals surface area contributed by atoms with Crippen LogP contribution >= 0.6 is 0 Å². The molecule has 0 saturated heterocycles. The number of nitrogens with zero attached hydrogens (tertiary/aromatic N) is 2. The van der Waals surface area contributed by atoms with Gasteiger partial charge in [-0.05, 0) is 30.3 Å². The maximum atomic E-state index is 13.5. The molecule has 1 aromatic heterocycles. The number of hydrogen-bond acceptors (Lipinski definition) is 2. The minimum absolute atomic E-state index is 0.105. The first-order valence-corrected chi connectivity index (χ1v) is 6.54. The van der Waals surface area contributed by atoms with Gasteiger partial charge in [0.25, 0.3) is 0 Å². The summed E-state index contributed by atoms with van der Waals surface area (Å²) < 4.78 is 15.4. The molecule has 1 aromatic carbocycles. The van der Waals surface area contributed by atoms with Crippen LogP contribution in [0.2, 0.25) is 0 Å². The van der Waals surface area contributed by atoms with Crippen LogP contribution in [0.5, 0.6) is 0 Å². The van der Waals surface area contributed by atoms with Crippen molar-refractivity contribution in [3.63, 3.8) is 0 Å². The summed E-state index contributed by atoms with van der Waals surface area (Å²) >= 11 is 0. The van der Waals surface area contributed by atoms with Gasteiger partial charge < -0.3 is 14.6 Å². The first-order valence-electron chi connectivity index (χ1n) is 6.54. The molecule has 0 bridgehead atoms. The molecule has 0 atom stereocenters. The topological polar surface area (TPSA) is 62.5 Å². The van der Waals surface area contributed by atoms with Crippen LogP contribution in [0.4, 0.5) is 10.1 Å². The summed E-state index contributed by atoms with van der Waals surface area (Å²) in [6.07, 6.45) is 1.51. The average Bonchev–Trinajstić information content (AvgIpc) is 2.91. The van der Waals surface area contributed by atoms with Gasteiger partial charge in [-0.2, -0.15) is 0 Å². The third-order valence-corrected chi connectivity index (χ3v) is 3.49. The van der Waals surface area contributed by atoms with Gasteiger partial charge in [0.05, 0.1) is 24.3 Å². The van der Waals surface area contributed by atoms with Crippen molar-refractivity contribution in [1.29, 1.82) is 0 Å². The van der Waals surface area contributed by atoms with Gasteiger partial charge in [-0.15, -0.1) is 0 Å². The molecule has 0 spiro atoms. The number of halogens is 1. The van der Waals surface area contributed by atoms with Gasteiger partial charge in [0, 0.05) is 18.3 Å². The van der Waals surface area contributed by atoms with E-state index in [2.05, 4.69) is 0 Å². The highest BCUT2D eigenvalue weighted by Crippen LogP contribution is 2.33. The maximum Gasteiger partial charge on any atom is 0.303 e. The van der Waals surface area contributed by atoms with Gasteiger partial charge in [-0.25, -0.2) is 4.39 Å². The van der Waals surface area contributed by atoms with E-state index in [1.165, 1.54) is 17.0 Å². The number of rotatable bonds is 3. The smallest absolute Gasteiger partial charge is 0.303 e.